The maximum atomic E-state index is 6.28. The number of halogens is 2. The molecule has 0 aliphatic rings. The number of aromatic nitrogens is 2. The Hall–Kier alpha value is -1.68. The highest BCUT2D eigenvalue weighted by atomic mass is 35.5. The molecule has 0 unspecified atom stereocenters. The van der Waals surface area contributed by atoms with Gasteiger partial charge in [0, 0.05) is 41.1 Å². The highest BCUT2D eigenvalue weighted by Gasteiger charge is 2.11. The third kappa shape index (κ3) is 3.81. The van der Waals surface area contributed by atoms with E-state index in [4.69, 9.17) is 23.2 Å². The van der Waals surface area contributed by atoms with Crippen molar-refractivity contribution in [1.29, 1.82) is 0 Å². The number of rotatable bonds is 5. The maximum absolute atomic E-state index is 6.28. The third-order valence-corrected chi connectivity index (χ3v) is 4.54. The molecule has 0 spiro atoms. The van der Waals surface area contributed by atoms with Gasteiger partial charge in [-0.2, -0.15) is 0 Å². The Morgan fingerprint density at radius 1 is 0.913 bits per heavy atom. The zero-order valence-electron chi connectivity index (χ0n) is 12.8. The van der Waals surface area contributed by atoms with Gasteiger partial charge < -0.3 is 0 Å². The van der Waals surface area contributed by atoms with Crippen molar-refractivity contribution in [3.8, 4) is 0 Å². The van der Waals surface area contributed by atoms with Crippen molar-refractivity contribution >= 4 is 34.2 Å². The van der Waals surface area contributed by atoms with E-state index in [-0.39, 0.29) is 0 Å². The average molecular weight is 346 g/mol. The molecule has 0 aliphatic carbocycles. The number of benzene rings is 2. The summed E-state index contributed by atoms with van der Waals surface area (Å²) in [5.41, 5.74) is 3.99. The topological polar surface area (TPSA) is 29.0 Å². The summed E-state index contributed by atoms with van der Waals surface area (Å²) < 4.78 is 0. The summed E-state index contributed by atoms with van der Waals surface area (Å²) in [5, 5.41) is 1.42. The van der Waals surface area contributed by atoms with E-state index < -0.39 is 0 Å². The summed E-state index contributed by atoms with van der Waals surface area (Å²) >= 11 is 12.6. The van der Waals surface area contributed by atoms with Crippen LogP contribution in [0.5, 0.6) is 0 Å². The number of hydrogen-bond donors (Lipinski definition) is 0. The summed E-state index contributed by atoms with van der Waals surface area (Å²) in [6.07, 6.45) is 3.42. The molecule has 0 fully saturated rings. The first-order chi connectivity index (χ1) is 11.2. The van der Waals surface area contributed by atoms with Gasteiger partial charge in [0.2, 0.25) is 0 Å². The molecule has 3 rings (SSSR count). The van der Waals surface area contributed by atoms with Gasteiger partial charge in [-0.3, -0.25) is 14.9 Å². The number of hydrogen-bond acceptors (Lipinski definition) is 3. The predicted octanol–water partition coefficient (Wildman–Crippen LogP) is 4.96. The lowest BCUT2D eigenvalue weighted by Crippen LogP contribution is -2.22. The second-order valence-corrected chi connectivity index (χ2v) is 6.20. The molecule has 3 aromatic rings. The van der Waals surface area contributed by atoms with Crippen LogP contribution in [0.2, 0.25) is 10.0 Å². The second kappa shape index (κ2) is 7.26. The maximum Gasteiger partial charge on any atom is 0.0890 e. The summed E-state index contributed by atoms with van der Waals surface area (Å²) in [4.78, 5) is 11.0. The molecule has 0 atom stereocenters. The molecular weight excluding hydrogens is 329 g/mol. The Kier molecular flexibility index (Phi) is 5.11. The standard InChI is InChI=1S/C18H17Cl2N3/c1-2-23(12-14-15(19)4-3-5-16(14)20)11-13-6-7-17-18(10-13)22-9-8-21-17/h3-10H,2,11-12H2,1H3. The van der Waals surface area contributed by atoms with Crippen LogP contribution in [-0.2, 0) is 13.1 Å². The first kappa shape index (κ1) is 16.2. The molecule has 0 amide bonds. The Morgan fingerprint density at radius 2 is 1.61 bits per heavy atom. The van der Waals surface area contributed by atoms with Crippen molar-refractivity contribution < 1.29 is 0 Å². The normalized spacial score (nSPS) is 11.3. The third-order valence-electron chi connectivity index (χ3n) is 3.83. The molecule has 0 aliphatic heterocycles. The van der Waals surface area contributed by atoms with Crippen molar-refractivity contribution in [3.63, 3.8) is 0 Å². The van der Waals surface area contributed by atoms with E-state index in [2.05, 4.69) is 33.9 Å². The lowest BCUT2D eigenvalue weighted by molar-refractivity contribution is 0.271. The molecule has 0 N–H and O–H groups in total. The lowest BCUT2D eigenvalue weighted by Gasteiger charge is -2.22. The second-order valence-electron chi connectivity index (χ2n) is 5.38. The highest BCUT2D eigenvalue weighted by Crippen LogP contribution is 2.26. The van der Waals surface area contributed by atoms with Crippen LogP contribution in [0, 0.1) is 0 Å². The van der Waals surface area contributed by atoms with Gasteiger partial charge in [0.1, 0.15) is 0 Å². The first-order valence-corrected chi connectivity index (χ1v) is 8.28. The number of fused-ring (bicyclic) bond motifs is 1. The Labute approximate surface area is 145 Å². The van der Waals surface area contributed by atoms with Gasteiger partial charge in [0.25, 0.3) is 0 Å². The minimum absolute atomic E-state index is 0.709. The molecule has 0 bridgehead atoms. The zero-order valence-corrected chi connectivity index (χ0v) is 14.3. The molecule has 0 radical (unpaired) electrons. The zero-order chi connectivity index (χ0) is 16.2. The van der Waals surface area contributed by atoms with E-state index in [1.165, 1.54) is 5.56 Å². The van der Waals surface area contributed by atoms with E-state index in [1.54, 1.807) is 12.4 Å². The Morgan fingerprint density at radius 3 is 2.30 bits per heavy atom. The quantitative estimate of drug-likeness (QED) is 0.654. The van der Waals surface area contributed by atoms with Crippen LogP contribution in [-0.4, -0.2) is 21.4 Å². The van der Waals surface area contributed by atoms with Crippen LogP contribution in [0.4, 0.5) is 0 Å². The summed E-state index contributed by atoms with van der Waals surface area (Å²) in [6.45, 7) is 4.56. The van der Waals surface area contributed by atoms with Crippen LogP contribution in [0.1, 0.15) is 18.1 Å². The molecule has 1 aromatic heterocycles. The van der Waals surface area contributed by atoms with Crippen LogP contribution >= 0.6 is 23.2 Å². The minimum Gasteiger partial charge on any atom is -0.295 e. The van der Waals surface area contributed by atoms with Gasteiger partial charge in [0.15, 0.2) is 0 Å². The molecule has 118 valence electrons. The van der Waals surface area contributed by atoms with E-state index in [0.29, 0.717) is 16.6 Å². The largest absolute Gasteiger partial charge is 0.295 e. The van der Waals surface area contributed by atoms with E-state index in [1.807, 2.05) is 24.3 Å². The van der Waals surface area contributed by atoms with Crippen LogP contribution < -0.4 is 0 Å². The van der Waals surface area contributed by atoms with Crippen LogP contribution in [0.25, 0.3) is 11.0 Å². The van der Waals surface area contributed by atoms with Crippen molar-refractivity contribution in [3.05, 3.63) is 70.0 Å². The fraction of sp³-hybridized carbons (Fsp3) is 0.222. The molecular formula is C18H17Cl2N3. The van der Waals surface area contributed by atoms with Gasteiger partial charge >= 0.3 is 0 Å². The van der Waals surface area contributed by atoms with Gasteiger partial charge in [-0.15, -0.1) is 0 Å². The van der Waals surface area contributed by atoms with Gasteiger partial charge in [0.05, 0.1) is 11.0 Å². The molecule has 0 saturated carbocycles. The van der Waals surface area contributed by atoms with E-state index in [9.17, 15) is 0 Å². The van der Waals surface area contributed by atoms with E-state index >= 15 is 0 Å². The fourth-order valence-corrected chi connectivity index (χ4v) is 3.07. The predicted molar refractivity (Wildman–Crippen MR) is 95.8 cm³/mol. The molecule has 1 heterocycles. The van der Waals surface area contributed by atoms with E-state index in [0.717, 1.165) is 29.7 Å². The van der Waals surface area contributed by atoms with Gasteiger partial charge in [-0.1, -0.05) is 42.3 Å². The molecule has 2 aromatic carbocycles. The number of nitrogens with zero attached hydrogens (tertiary/aromatic N) is 3. The fourth-order valence-electron chi connectivity index (χ4n) is 2.55. The lowest BCUT2D eigenvalue weighted by atomic mass is 10.1. The average Bonchev–Trinajstić information content (AvgIpc) is 2.57. The van der Waals surface area contributed by atoms with Crippen molar-refractivity contribution in [1.82, 2.24) is 14.9 Å². The minimum atomic E-state index is 0.709. The summed E-state index contributed by atoms with van der Waals surface area (Å²) in [6, 6.07) is 11.8. The summed E-state index contributed by atoms with van der Waals surface area (Å²) in [7, 11) is 0. The van der Waals surface area contributed by atoms with Crippen molar-refractivity contribution in [2.24, 2.45) is 0 Å². The van der Waals surface area contributed by atoms with Crippen LogP contribution in [0.3, 0.4) is 0 Å². The molecule has 3 nitrogen and oxygen atoms in total. The van der Waals surface area contributed by atoms with Crippen LogP contribution in [0.15, 0.2) is 48.8 Å². The monoisotopic (exact) mass is 345 g/mol. The highest BCUT2D eigenvalue weighted by molar-refractivity contribution is 6.35. The molecule has 0 saturated heterocycles. The van der Waals surface area contributed by atoms with Gasteiger partial charge in [-0.25, -0.2) is 0 Å². The first-order valence-electron chi connectivity index (χ1n) is 7.52. The van der Waals surface area contributed by atoms with Crippen molar-refractivity contribution in [2.75, 3.05) is 6.54 Å². The van der Waals surface area contributed by atoms with Crippen molar-refractivity contribution in [2.45, 2.75) is 20.0 Å². The van der Waals surface area contributed by atoms with Gasteiger partial charge in [-0.05, 0) is 36.4 Å². The summed E-state index contributed by atoms with van der Waals surface area (Å²) in [5.74, 6) is 0. The Bertz CT molecular complexity index is 800. The Balaban J connectivity index is 1.81. The smallest absolute Gasteiger partial charge is 0.0890 e. The SMILES string of the molecule is CCN(Cc1ccc2nccnc2c1)Cc1c(Cl)cccc1Cl. The molecule has 23 heavy (non-hydrogen) atoms. The molecule has 5 heteroatoms.